The van der Waals surface area contributed by atoms with Gasteiger partial charge in [-0.2, -0.15) is 5.10 Å². The van der Waals surface area contributed by atoms with E-state index in [-0.39, 0.29) is 6.42 Å². The fraction of sp³-hybridized carbons (Fsp3) is 0.241. The topological polar surface area (TPSA) is 183 Å². The molecule has 5 amide bonds. The van der Waals surface area contributed by atoms with Crippen molar-refractivity contribution in [1.29, 1.82) is 0 Å². The number of hydrogen-bond acceptors (Lipinski definition) is 6. The summed E-state index contributed by atoms with van der Waals surface area (Å²) in [6.07, 6.45) is 1.60. The highest BCUT2D eigenvalue weighted by molar-refractivity contribution is 6.11. The summed E-state index contributed by atoms with van der Waals surface area (Å²) >= 11 is 0. The summed E-state index contributed by atoms with van der Waals surface area (Å²) in [6, 6.07) is 14.5. The zero-order valence-corrected chi connectivity index (χ0v) is 21.9. The number of carboxylic acid groups (broad SMARTS) is 1. The fourth-order valence-corrected chi connectivity index (χ4v) is 5.43. The summed E-state index contributed by atoms with van der Waals surface area (Å²) in [5.41, 5.74) is 9.71. The van der Waals surface area contributed by atoms with Crippen molar-refractivity contribution in [3.8, 4) is 0 Å². The molecule has 3 atom stereocenters. The van der Waals surface area contributed by atoms with Crippen molar-refractivity contribution < 1.29 is 29.1 Å². The first kappa shape index (κ1) is 27.3. The van der Waals surface area contributed by atoms with Gasteiger partial charge in [0.2, 0.25) is 11.8 Å². The minimum absolute atomic E-state index is 0.210. The normalized spacial score (nSPS) is 18.4. The predicted octanol–water partition coefficient (Wildman–Crippen LogP) is 1.46. The number of carboxylic acids is 1. The van der Waals surface area contributed by atoms with Gasteiger partial charge in [-0.05, 0) is 40.8 Å². The second kappa shape index (κ2) is 11.5. The van der Waals surface area contributed by atoms with E-state index < -0.39 is 54.3 Å². The lowest BCUT2D eigenvalue weighted by Crippen LogP contribution is -2.56. The number of benzene rings is 3. The van der Waals surface area contributed by atoms with Gasteiger partial charge in [0.05, 0.1) is 18.2 Å². The first-order chi connectivity index (χ1) is 19.7. The van der Waals surface area contributed by atoms with Crippen LogP contribution in [0.3, 0.4) is 0 Å². The van der Waals surface area contributed by atoms with Crippen LogP contribution in [0, 0.1) is 0 Å². The fourth-order valence-electron chi connectivity index (χ4n) is 5.43. The maximum absolute atomic E-state index is 14.0. The molecule has 0 saturated carbocycles. The van der Waals surface area contributed by atoms with Crippen molar-refractivity contribution in [2.45, 2.75) is 43.8 Å². The standard InChI is InChI=1S/C29H28N6O6/c30-29(41)34-31-15-19(14-24(36)37)32-27(39)23-13-18-8-3-7-17-11-12-22(28(40)35(23)25(17)18)33-26(38)21-10-4-6-16-5-1-2-9-20(16)21/h1-10,15,19,22-23H,11-14H2,(H,32,39)(H,33,38)(H,36,37)(H3,30,34,41)/b31-15+/t19-,22-,23-/m0/s1. The summed E-state index contributed by atoms with van der Waals surface area (Å²) < 4.78 is 0. The number of urea groups is 1. The highest BCUT2D eigenvalue weighted by Crippen LogP contribution is 2.39. The number of fused-ring (bicyclic) bond motifs is 1. The number of rotatable bonds is 8. The molecule has 3 aromatic rings. The van der Waals surface area contributed by atoms with Crippen LogP contribution in [-0.2, 0) is 27.2 Å². The predicted molar refractivity (Wildman–Crippen MR) is 150 cm³/mol. The van der Waals surface area contributed by atoms with Gasteiger partial charge in [-0.25, -0.2) is 10.2 Å². The van der Waals surface area contributed by atoms with Crippen molar-refractivity contribution >= 4 is 52.4 Å². The van der Waals surface area contributed by atoms with E-state index in [1.165, 1.54) is 4.90 Å². The molecule has 0 radical (unpaired) electrons. The van der Waals surface area contributed by atoms with E-state index >= 15 is 0 Å². The molecule has 6 N–H and O–H groups in total. The molecule has 2 heterocycles. The number of nitrogens with one attached hydrogen (secondary N) is 3. The van der Waals surface area contributed by atoms with Gasteiger partial charge in [-0.1, -0.05) is 54.6 Å². The van der Waals surface area contributed by atoms with Crippen LogP contribution >= 0.6 is 0 Å². The number of nitrogens with zero attached hydrogens (tertiary/aromatic N) is 2. The molecule has 3 aromatic carbocycles. The lowest BCUT2D eigenvalue weighted by atomic mass is 10.0. The van der Waals surface area contributed by atoms with E-state index in [0.717, 1.165) is 28.1 Å². The summed E-state index contributed by atoms with van der Waals surface area (Å²) in [7, 11) is 0. The zero-order valence-electron chi connectivity index (χ0n) is 21.9. The van der Waals surface area contributed by atoms with Gasteiger partial charge in [0.25, 0.3) is 5.91 Å². The molecule has 12 heteroatoms. The molecule has 0 unspecified atom stereocenters. The third-order valence-corrected chi connectivity index (χ3v) is 7.20. The quantitative estimate of drug-likeness (QED) is 0.207. The van der Waals surface area contributed by atoms with E-state index in [1.54, 1.807) is 12.1 Å². The number of hydrogen-bond donors (Lipinski definition) is 5. The number of nitrogens with two attached hydrogens (primary N) is 1. The Morgan fingerprint density at radius 2 is 1.78 bits per heavy atom. The Balaban J connectivity index is 1.40. The van der Waals surface area contributed by atoms with Crippen LogP contribution in [0.2, 0.25) is 0 Å². The summed E-state index contributed by atoms with van der Waals surface area (Å²) in [5.74, 6) is -2.63. The molecule has 210 valence electrons. The van der Waals surface area contributed by atoms with Gasteiger partial charge in [0.15, 0.2) is 0 Å². The molecule has 0 aliphatic carbocycles. The number of amides is 5. The molecule has 0 spiro atoms. The lowest BCUT2D eigenvalue weighted by molar-refractivity contribution is -0.137. The zero-order chi connectivity index (χ0) is 29.1. The van der Waals surface area contributed by atoms with Crippen LogP contribution in [0.1, 0.15) is 34.3 Å². The van der Waals surface area contributed by atoms with Gasteiger partial charge < -0.3 is 21.5 Å². The van der Waals surface area contributed by atoms with Crippen LogP contribution in [0.4, 0.5) is 10.5 Å². The number of carbonyl (C=O) groups excluding carboxylic acids is 4. The van der Waals surface area contributed by atoms with Crippen molar-refractivity contribution in [2.75, 3.05) is 4.90 Å². The minimum Gasteiger partial charge on any atom is -0.481 e. The van der Waals surface area contributed by atoms with E-state index in [9.17, 15) is 29.1 Å². The van der Waals surface area contributed by atoms with Gasteiger partial charge in [-0.15, -0.1) is 0 Å². The molecular formula is C29H28N6O6. The largest absolute Gasteiger partial charge is 0.481 e. The van der Waals surface area contributed by atoms with Gasteiger partial charge >= 0.3 is 12.0 Å². The number of carbonyl (C=O) groups is 5. The van der Waals surface area contributed by atoms with Crippen LogP contribution in [0.15, 0.2) is 65.8 Å². The van der Waals surface area contributed by atoms with Gasteiger partial charge in [-0.3, -0.25) is 24.1 Å². The Morgan fingerprint density at radius 3 is 2.56 bits per heavy atom. The van der Waals surface area contributed by atoms with E-state index in [2.05, 4.69) is 15.7 Å². The van der Waals surface area contributed by atoms with Crippen LogP contribution < -0.4 is 26.7 Å². The molecule has 0 aromatic heterocycles. The first-order valence-electron chi connectivity index (χ1n) is 13.1. The highest BCUT2D eigenvalue weighted by atomic mass is 16.4. The van der Waals surface area contributed by atoms with Gasteiger partial charge in [0, 0.05) is 18.2 Å². The number of aryl methyl sites for hydroxylation is 1. The molecule has 0 fully saturated rings. The van der Waals surface area contributed by atoms with E-state index in [4.69, 9.17) is 5.73 Å². The number of anilines is 1. The van der Waals surface area contributed by atoms with Crippen molar-refractivity contribution in [3.63, 3.8) is 0 Å². The maximum atomic E-state index is 14.0. The summed E-state index contributed by atoms with van der Waals surface area (Å²) in [6.45, 7) is 0. The molecule has 2 aliphatic heterocycles. The highest BCUT2D eigenvalue weighted by Gasteiger charge is 2.44. The Kier molecular flexibility index (Phi) is 7.64. The van der Waals surface area contributed by atoms with Gasteiger partial charge in [0.1, 0.15) is 12.1 Å². The Labute approximate surface area is 234 Å². The van der Waals surface area contributed by atoms with Crippen LogP contribution in [-0.4, -0.2) is 59.2 Å². The average Bonchev–Trinajstić information content (AvgIpc) is 3.28. The van der Waals surface area contributed by atoms with E-state index in [1.807, 2.05) is 54.0 Å². The van der Waals surface area contributed by atoms with E-state index in [0.29, 0.717) is 24.1 Å². The number of aliphatic carboxylic acids is 1. The maximum Gasteiger partial charge on any atom is 0.332 e. The lowest BCUT2D eigenvalue weighted by Gasteiger charge is -2.28. The number of para-hydroxylation sites is 1. The molecule has 0 bridgehead atoms. The molecule has 41 heavy (non-hydrogen) atoms. The van der Waals surface area contributed by atoms with Crippen molar-refractivity contribution in [1.82, 2.24) is 16.1 Å². The summed E-state index contributed by atoms with van der Waals surface area (Å²) in [5, 5.41) is 20.0. The monoisotopic (exact) mass is 556 g/mol. The Morgan fingerprint density at radius 1 is 1.05 bits per heavy atom. The molecular weight excluding hydrogens is 528 g/mol. The number of hydrazone groups is 1. The molecule has 2 aliphatic rings. The second-order valence-electron chi connectivity index (χ2n) is 9.91. The third kappa shape index (κ3) is 5.71. The first-order valence-corrected chi connectivity index (χ1v) is 13.1. The number of primary amides is 1. The Bertz CT molecular complexity index is 1580. The second-order valence-corrected chi connectivity index (χ2v) is 9.91. The minimum atomic E-state index is -1.21. The Hall–Kier alpha value is -5.26. The molecule has 0 saturated heterocycles. The SMILES string of the molecule is NC(=O)N/N=C/[C@H](CC(=O)O)NC(=O)[C@@H]1Cc2cccc3c2N1C(=O)[C@@H](NC(=O)c1cccc2ccccc12)CC3. The smallest absolute Gasteiger partial charge is 0.332 e. The summed E-state index contributed by atoms with van der Waals surface area (Å²) in [4.78, 5) is 64.6. The van der Waals surface area contributed by atoms with Crippen molar-refractivity contribution in [3.05, 3.63) is 77.4 Å². The molecule has 5 rings (SSSR count). The third-order valence-electron chi connectivity index (χ3n) is 7.20. The van der Waals surface area contributed by atoms with Crippen LogP contribution in [0.5, 0.6) is 0 Å². The van der Waals surface area contributed by atoms with Crippen LogP contribution in [0.25, 0.3) is 10.8 Å². The van der Waals surface area contributed by atoms with Crippen molar-refractivity contribution in [2.24, 2.45) is 10.8 Å². The molecule has 12 nitrogen and oxygen atoms in total. The average molecular weight is 557 g/mol.